The molecular formula is C16H26N2O3S. The van der Waals surface area contributed by atoms with E-state index in [1.807, 2.05) is 18.2 Å². The van der Waals surface area contributed by atoms with E-state index in [1.165, 1.54) is 6.26 Å². The molecule has 2 rings (SSSR count). The number of methoxy groups -OCH3 is 1. The third-order valence-corrected chi connectivity index (χ3v) is 6.59. The fourth-order valence-electron chi connectivity index (χ4n) is 2.56. The van der Waals surface area contributed by atoms with E-state index in [0.717, 1.165) is 30.9 Å². The van der Waals surface area contributed by atoms with E-state index >= 15 is 0 Å². The molecule has 1 atom stereocenters. The molecule has 1 aliphatic rings. The van der Waals surface area contributed by atoms with Crippen molar-refractivity contribution in [3.63, 3.8) is 0 Å². The van der Waals surface area contributed by atoms with E-state index < -0.39 is 14.6 Å². The number of nitrogens with one attached hydrogen (secondary N) is 1. The van der Waals surface area contributed by atoms with Crippen LogP contribution in [-0.2, 0) is 9.84 Å². The minimum Gasteiger partial charge on any atom is -0.495 e. The summed E-state index contributed by atoms with van der Waals surface area (Å²) in [5.41, 5.74) is 1.09. The Labute approximate surface area is 133 Å². The minimum atomic E-state index is -3.07. The molecule has 0 spiro atoms. The Balaban J connectivity index is 1.96. The smallest absolute Gasteiger partial charge is 0.153 e. The fourth-order valence-corrected chi connectivity index (χ4v) is 2.90. The van der Waals surface area contributed by atoms with Crippen molar-refractivity contribution in [2.75, 3.05) is 37.9 Å². The van der Waals surface area contributed by atoms with E-state index in [9.17, 15) is 8.42 Å². The molecule has 0 aliphatic carbocycles. The maximum Gasteiger partial charge on any atom is 0.153 e. The topological polar surface area (TPSA) is 58.6 Å². The van der Waals surface area contributed by atoms with Crippen molar-refractivity contribution in [3.05, 3.63) is 24.3 Å². The van der Waals surface area contributed by atoms with Gasteiger partial charge in [-0.1, -0.05) is 12.1 Å². The van der Waals surface area contributed by atoms with Crippen molar-refractivity contribution in [1.29, 1.82) is 0 Å². The molecule has 1 saturated heterocycles. The SMILES string of the molecule is COc1ccccc1N1CC[C@@H](NCC(C)(C)S(C)(=O)=O)C1. The number of rotatable bonds is 6. The quantitative estimate of drug-likeness (QED) is 0.862. The molecule has 1 aromatic carbocycles. The van der Waals surface area contributed by atoms with Crippen LogP contribution in [0.2, 0.25) is 0 Å². The van der Waals surface area contributed by atoms with E-state index in [2.05, 4.69) is 16.3 Å². The molecular weight excluding hydrogens is 300 g/mol. The number of hydrogen-bond donors (Lipinski definition) is 1. The normalized spacial score (nSPS) is 19.5. The third-order valence-electron chi connectivity index (χ3n) is 4.43. The molecule has 124 valence electrons. The zero-order valence-corrected chi connectivity index (χ0v) is 14.6. The molecule has 0 radical (unpaired) electrons. The van der Waals surface area contributed by atoms with Crippen LogP contribution in [0.25, 0.3) is 0 Å². The number of sulfone groups is 1. The first kappa shape index (κ1) is 17.1. The van der Waals surface area contributed by atoms with E-state index in [4.69, 9.17) is 4.74 Å². The van der Waals surface area contributed by atoms with Gasteiger partial charge in [-0.2, -0.15) is 0 Å². The Morgan fingerprint density at radius 1 is 1.36 bits per heavy atom. The van der Waals surface area contributed by atoms with Gasteiger partial charge in [-0.15, -0.1) is 0 Å². The molecule has 1 aliphatic heterocycles. The van der Waals surface area contributed by atoms with Crippen LogP contribution < -0.4 is 15.0 Å². The van der Waals surface area contributed by atoms with Gasteiger partial charge in [0.25, 0.3) is 0 Å². The lowest BCUT2D eigenvalue weighted by molar-refractivity contribution is 0.414. The third kappa shape index (κ3) is 3.73. The summed E-state index contributed by atoms with van der Waals surface area (Å²) in [7, 11) is -1.39. The first-order valence-electron chi connectivity index (χ1n) is 7.55. The van der Waals surface area contributed by atoms with Crippen LogP contribution in [0.1, 0.15) is 20.3 Å². The second-order valence-electron chi connectivity index (χ2n) is 6.52. The van der Waals surface area contributed by atoms with Gasteiger partial charge in [-0.25, -0.2) is 8.42 Å². The molecule has 22 heavy (non-hydrogen) atoms. The van der Waals surface area contributed by atoms with Gasteiger partial charge in [0.1, 0.15) is 5.75 Å². The number of anilines is 1. The lowest BCUT2D eigenvalue weighted by Gasteiger charge is -2.26. The van der Waals surface area contributed by atoms with Crippen LogP contribution in [0.5, 0.6) is 5.75 Å². The second kappa shape index (κ2) is 6.46. The molecule has 6 heteroatoms. The summed E-state index contributed by atoms with van der Waals surface area (Å²) in [6, 6.07) is 8.28. The molecule has 0 amide bonds. The summed E-state index contributed by atoms with van der Waals surface area (Å²) >= 11 is 0. The van der Waals surface area contributed by atoms with Crippen molar-refractivity contribution < 1.29 is 13.2 Å². The first-order valence-corrected chi connectivity index (χ1v) is 9.45. The maximum atomic E-state index is 11.8. The summed E-state index contributed by atoms with van der Waals surface area (Å²) in [6.07, 6.45) is 2.29. The molecule has 1 heterocycles. The molecule has 0 unspecified atom stereocenters. The van der Waals surface area contributed by atoms with Gasteiger partial charge >= 0.3 is 0 Å². The zero-order valence-electron chi connectivity index (χ0n) is 13.8. The molecule has 5 nitrogen and oxygen atoms in total. The Hall–Kier alpha value is -1.27. The van der Waals surface area contributed by atoms with Gasteiger partial charge in [-0.05, 0) is 32.4 Å². The highest BCUT2D eigenvalue weighted by Gasteiger charge is 2.32. The Kier molecular flexibility index (Phi) is 5.02. The van der Waals surface area contributed by atoms with Gasteiger partial charge < -0.3 is 15.0 Å². The van der Waals surface area contributed by atoms with Gasteiger partial charge in [0.2, 0.25) is 0 Å². The average molecular weight is 326 g/mol. The van der Waals surface area contributed by atoms with Crippen molar-refractivity contribution in [2.45, 2.75) is 31.1 Å². The van der Waals surface area contributed by atoms with E-state index in [-0.39, 0.29) is 0 Å². The van der Waals surface area contributed by atoms with E-state index in [1.54, 1.807) is 21.0 Å². The average Bonchev–Trinajstić information content (AvgIpc) is 2.92. The van der Waals surface area contributed by atoms with Gasteiger partial charge in [-0.3, -0.25) is 0 Å². The van der Waals surface area contributed by atoms with Gasteiger partial charge in [0.15, 0.2) is 9.84 Å². The van der Waals surface area contributed by atoms with Gasteiger partial charge in [0.05, 0.1) is 17.5 Å². The molecule has 1 fully saturated rings. The van der Waals surface area contributed by atoms with Crippen LogP contribution >= 0.6 is 0 Å². The second-order valence-corrected chi connectivity index (χ2v) is 9.17. The van der Waals surface area contributed by atoms with Crippen LogP contribution in [0, 0.1) is 0 Å². The molecule has 0 aromatic heterocycles. The number of nitrogens with zero attached hydrogens (tertiary/aromatic N) is 1. The molecule has 0 bridgehead atoms. The largest absolute Gasteiger partial charge is 0.495 e. The standard InChI is InChI=1S/C16H26N2O3S/c1-16(2,22(4,19)20)12-17-13-9-10-18(11-13)14-7-5-6-8-15(14)21-3/h5-8,13,17H,9-12H2,1-4H3/t13-/m1/s1. The zero-order chi connectivity index (χ0) is 16.4. The molecule has 1 aromatic rings. The lowest BCUT2D eigenvalue weighted by Crippen LogP contribution is -2.46. The van der Waals surface area contributed by atoms with Crippen LogP contribution in [0.3, 0.4) is 0 Å². The van der Waals surface area contributed by atoms with Crippen molar-refractivity contribution in [2.24, 2.45) is 0 Å². The number of hydrogen-bond acceptors (Lipinski definition) is 5. The first-order chi connectivity index (χ1) is 10.2. The predicted octanol–water partition coefficient (Wildman–Crippen LogP) is 1.69. The summed E-state index contributed by atoms with van der Waals surface area (Å²) in [5.74, 6) is 0.875. The fraction of sp³-hybridized carbons (Fsp3) is 0.625. The van der Waals surface area contributed by atoms with Crippen molar-refractivity contribution >= 4 is 15.5 Å². The Bertz CT molecular complexity index is 614. The van der Waals surface area contributed by atoms with Crippen LogP contribution in [-0.4, -0.2) is 52.2 Å². The summed E-state index contributed by atoms with van der Waals surface area (Å²) in [6.45, 7) is 5.80. The van der Waals surface area contributed by atoms with Crippen LogP contribution in [0.4, 0.5) is 5.69 Å². The van der Waals surface area contributed by atoms with E-state index in [0.29, 0.717) is 12.6 Å². The Morgan fingerprint density at radius 3 is 2.68 bits per heavy atom. The Morgan fingerprint density at radius 2 is 2.05 bits per heavy atom. The number of benzene rings is 1. The number of para-hydroxylation sites is 2. The summed E-state index contributed by atoms with van der Waals surface area (Å²) in [4.78, 5) is 2.28. The molecule has 1 N–H and O–H groups in total. The van der Waals surface area contributed by atoms with Crippen molar-refractivity contribution in [1.82, 2.24) is 5.32 Å². The van der Waals surface area contributed by atoms with Crippen LogP contribution in [0.15, 0.2) is 24.3 Å². The highest BCUT2D eigenvalue weighted by atomic mass is 32.2. The lowest BCUT2D eigenvalue weighted by atomic mass is 10.2. The van der Waals surface area contributed by atoms with Gasteiger partial charge in [0, 0.05) is 31.9 Å². The summed E-state index contributed by atoms with van der Waals surface area (Å²) in [5, 5.41) is 3.40. The predicted molar refractivity (Wildman–Crippen MR) is 90.5 cm³/mol. The highest BCUT2D eigenvalue weighted by Crippen LogP contribution is 2.30. The monoisotopic (exact) mass is 326 g/mol. The highest BCUT2D eigenvalue weighted by molar-refractivity contribution is 7.92. The molecule has 0 saturated carbocycles. The minimum absolute atomic E-state index is 0.297. The number of ether oxygens (including phenoxy) is 1. The summed E-state index contributed by atoms with van der Waals surface area (Å²) < 4.78 is 28.2. The maximum absolute atomic E-state index is 11.8. The van der Waals surface area contributed by atoms with Crippen molar-refractivity contribution in [3.8, 4) is 5.75 Å².